The van der Waals surface area contributed by atoms with E-state index in [2.05, 4.69) is 5.10 Å². The van der Waals surface area contributed by atoms with Crippen LogP contribution >= 0.6 is 11.6 Å². The van der Waals surface area contributed by atoms with Crippen molar-refractivity contribution >= 4 is 11.6 Å². The fraction of sp³-hybridized carbons (Fsp3) is 0.182. The van der Waals surface area contributed by atoms with Crippen molar-refractivity contribution in [1.82, 2.24) is 9.78 Å². The molecule has 0 bridgehead atoms. The van der Waals surface area contributed by atoms with Crippen LogP contribution in [0.1, 0.15) is 11.3 Å². The Morgan fingerprint density at radius 1 is 1.28 bits per heavy atom. The predicted molar refractivity (Wildman–Crippen MR) is 59.5 cm³/mol. The summed E-state index contributed by atoms with van der Waals surface area (Å²) < 4.78 is 38.7. The molecule has 96 valence electrons. The van der Waals surface area contributed by atoms with Gasteiger partial charge in [-0.3, -0.25) is 0 Å². The second-order valence-corrected chi connectivity index (χ2v) is 3.98. The maximum Gasteiger partial charge on any atom is 0.416 e. The summed E-state index contributed by atoms with van der Waals surface area (Å²) in [5.41, 5.74) is -0.0823. The van der Waals surface area contributed by atoms with Crippen LogP contribution < -0.4 is 0 Å². The van der Waals surface area contributed by atoms with Crippen LogP contribution in [0.2, 0.25) is 5.02 Å². The molecular weight excluding hydrogens is 269 g/mol. The third kappa shape index (κ3) is 2.49. The van der Waals surface area contributed by atoms with E-state index in [9.17, 15) is 13.2 Å². The molecule has 1 aromatic heterocycles. The number of aliphatic hydroxyl groups is 1. The fourth-order valence-corrected chi connectivity index (χ4v) is 1.72. The smallest absolute Gasteiger partial charge is 0.390 e. The number of hydrogen-bond donors (Lipinski definition) is 1. The van der Waals surface area contributed by atoms with E-state index in [1.165, 1.54) is 16.9 Å². The lowest BCUT2D eigenvalue weighted by molar-refractivity contribution is -0.137. The Bertz CT molecular complexity index is 566. The van der Waals surface area contributed by atoms with Crippen molar-refractivity contribution in [2.75, 3.05) is 0 Å². The van der Waals surface area contributed by atoms with Crippen LogP contribution in [-0.2, 0) is 12.8 Å². The first kappa shape index (κ1) is 12.9. The maximum atomic E-state index is 12.4. The van der Waals surface area contributed by atoms with E-state index >= 15 is 0 Å². The van der Waals surface area contributed by atoms with Crippen LogP contribution in [0, 0.1) is 0 Å². The number of aliphatic hydroxyl groups excluding tert-OH is 1. The number of rotatable bonds is 2. The second kappa shape index (κ2) is 4.62. The van der Waals surface area contributed by atoms with E-state index in [4.69, 9.17) is 16.7 Å². The van der Waals surface area contributed by atoms with Gasteiger partial charge in [-0.1, -0.05) is 11.6 Å². The standard InChI is InChI=1S/C11H8ClF3N2O/c12-9-5-7(11(13,14)15)1-2-10(9)17-4-3-8(6-18)16-17/h1-5,18H,6H2. The van der Waals surface area contributed by atoms with E-state index in [0.29, 0.717) is 11.4 Å². The highest BCUT2D eigenvalue weighted by molar-refractivity contribution is 6.32. The van der Waals surface area contributed by atoms with Gasteiger partial charge in [-0.15, -0.1) is 0 Å². The van der Waals surface area contributed by atoms with Crippen molar-refractivity contribution in [3.8, 4) is 5.69 Å². The first-order chi connectivity index (χ1) is 8.41. The van der Waals surface area contributed by atoms with Crippen LogP contribution in [0.4, 0.5) is 13.2 Å². The third-order valence-corrected chi connectivity index (χ3v) is 2.63. The van der Waals surface area contributed by atoms with E-state index in [1.54, 1.807) is 6.07 Å². The Hall–Kier alpha value is -1.53. The van der Waals surface area contributed by atoms with Crippen LogP contribution in [0.15, 0.2) is 30.5 Å². The number of halogens is 4. The Kier molecular flexibility index (Phi) is 3.32. The van der Waals surface area contributed by atoms with Crippen molar-refractivity contribution in [3.63, 3.8) is 0 Å². The summed E-state index contributed by atoms with van der Waals surface area (Å²) in [6, 6.07) is 4.56. The molecule has 0 spiro atoms. The lowest BCUT2D eigenvalue weighted by Gasteiger charge is -2.09. The number of aromatic nitrogens is 2. The summed E-state index contributed by atoms with van der Waals surface area (Å²) in [7, 11) is 0. The first-order valence-corrected chi connectivity index (χ1v) is 5.32. The van der Waals surface area contributed by atoms with Crippen molar-refractivity contribution in [1.29, 1.82) is 0 Å². The predicted octanol–water partition coefficient (Wildman–Crippen LogP) is 3.04. The lowest BCUT2D eigenvalue weighted by Crippen LogP contribution is -2.06. The normalized spacial score (nSPS) is 11.8. The molecule has 1 heterocycles. The van der Waals surface area contributed by atoms with E-state index < -0.39 is 11.7 Å². The fourth-order valence-electron chi connectivity index (χ4n) is 1.45. The molecule has 0 amide bonds. The summed E-state index contributed by atoms with van der Waals surface area (Å²) in [4.78, 5) is 0. The highest BCUT2D eigenvalue weighted by Gasteiger charge is 2.31. The molecule has 1 N–H and O–H groups in total. The van der Waals surface area contributed by atoms with Crippen LogP contribution in [-0.4, -0.2) is 14.9 Å². The summed E-state index contributed by atoms with van der Waals surface area (Å²) in [6.45, 7) is -0.245. The number of hydrogen-bond acceptors (Lipinski definition) is 2. The van der Waals surface area contributed by atoms with Crippen molar-refractivity contribution in [2.24, 2.45) is 0 Å². The Morgan fingerprint density at radius 2 is 2.00 bits per heavy atom. The molecule has 7 heteroatoms. The molecule has 0 atom stereocenters. The molecule has 3 nitrogen and oxygen atoms in total. The monoisotopic (exact) mass is 276 g/mol. The molecule has 0 aliphatic carbocycles. The van der Waals surface area contributed by atoms with Crippen molar-refractivity contribution in [2.45, 2.75) is 12.8 Å². The SMILES string of the molecule is OCc1ccn(-c2ccc(C(F)(F)F)cc2Cl)n1. The molecule has 18 heavy (non-hydrogen) atoms. The average Bonchev–Trinajstić information content (AvgIpc) is 2.76. The van der Waals surface area contributed by atoms with Crippen molar-refractivity contribution < 1.29 is 18.3 Å². The molecule has 2 rings (SSSR count). The lowest BCUT2D eigenvalue weighted by atomic mass is 10.2. The summed E-state index contributed by atoms with van der Waals surface area (Å²) >= 11 is 5.80. The molecule has 0 aliphatic rings. The van der Waals surface area contributed by atoms with Gasteiger partial charge in [0.25, 0.3) is 0 Å². The minimum atomic E-state index is -4.43. The topological polar surface area (TPSA) is 38.0 Å². The van der Waals surface area contributed by atoms with E-state index in [0.717, 1.165) is 12.1 Å². The summed E-state index contributed by atoms with van der Waals surface area (Å²) in [5.74, 6) is 0. The van der Waals surface area contributed by atoms with E-state index in [1.807, 2.05) is 0 Å². The van der Waals surface area contributed by atoms with Gasteiger partial charge in [-0.2, -0.15) is 18.3 Å². The van der Waals surface area contributed by atoms with Gasteiger partial charge in [0.2, 0.25) is 0 Å². The van der Waals surface area contributed by atoms with Crippen LogP contribution in [0.25, 0.3) is 5.69 Å². The molecule has 1 aromatic carbocycles. The molecule has 0 unspecified atom stereocenters. The minimum absolute atomic E-state index is 0.0579. The number of benzene rings is 1. The van der Waals surface area contributed by atoms with Crippen molar-refractivity contribution in [3.05, 3.63) is 46.7 Å². The zero-order chi connectivity index (χ0) is 13.3. The highest BCUT2D eigenvalue weighted by Crippen LogP contribution is 2.32. The zero-order valence-corrected chi connectivity index (χ0v) is 9.70. The Morgan fingerprint density at radius 3 is 2.50 bits per heavy atom. The maximum absolute atomic E-state index is 12.4. The number of alkyl halides is 3. The van der Waals surface area contributed by atoms with Gasteiger partial charge in [0.1, 0.15) is 0 Å². The van der Waals surface area contributed by atoms with Crippen LogP contribution in [0.3, 0.4) is 0 Å². The Labute approximate surface area is 105 Å². The molecule has 0 saturated carbocycles. The van der Waals surface area contributed by atoms with Gasteiger partial charge >= 0.3 is 6.18 Å². The zero-order valence-electron chi connectivity index (χ0n) is 8.95. The van der Waals surface area contributed by atoms with Gasteiger partial charge in [0, 0.05) is 6.20 Å². The van der Waals surface area contributed by atoms with Gasteiger partial charge in [0.15, 0.2) is 0 Å². The first-order valence-electron chi connectivity index (χ1n) is 4.94. The molecule has 0 radical (unpaired) electrons. The summed E-state index contributed by atoms with van der Waals surface area (Å²) in [6.07, 6.45) is -2.91. The molecular formula is C11H8ClF3N2O. The summed E-state index contributed by atoms with van der Waals surface area (Å²) in [5, 5.41) is 12.8. The average molecular weight is 277 g/mol. The van der Waals surface area contributed by atoms with Crippen LogP contribution in [0.5, 0.6) is 0 Å². The van der Waals surface area contributed by atoms with E-state index in [-0.39, 0.29) is 11.6 Å². The molecule has 2 aromatic rings. The minimum Gasteiger partial charge on any atom is -0.390 e. The van der Waals surface area contributed by atoms with Gasteiger partial charge < -0.3 is 5.11 Å². The second-order valence-electron chi connectivity index (χ2n) is 3.57. The van der Waals surface area contributed by atoms with Gasteiger partial charge in [-0.05, 0) is 24.3 Å². The highest BCUT2D eigenvalue weighted by atomic mass is 35.5. The number of nitrogens with zero attached hydrogens (tertiary/aromatic N) is 2. The Balaban J connectivity index is 2.41. The molecule has 0 aliphatic heterocycles. The quantitative estimate of drug-likeness (QED) is 0.915. The molecule has 0 saturated heterocycles. The third-order valence-electron chi connectivity index (χ3n) is 2.33. The van der Waals surface area contributed by atoms with Gasteiger partial charge in [0.05, 0.1) is 28.6 Å². The van der Waals surface area contributed by atoms with Gasteiger partial charge in [-0.25, -0.2) is 4.68 Å². The molecule has 0 fully saturated rings. The largest absolute Gasteiger partial charge is 0.416 e.